The first-order valence-electron chi connectivity index (χ1n) is 10.8. The fraction of sp³-hybridized carbons (Fsp3) is 0.0741. The monoisotopic (exact) mass is 485 g/mol. The number of imidazole rings is 2. The molecule has 0 radical (unpaired) electrons. The first-order chi connectivity index (χ1) is 17.3. The van der Waals surface area contributed by atoms with Gasteiger partial charge in [-0.25, -0.2) is 9.97 Å². The van der Waals surface area contributed by atoms with Crippen LogP contribution in [0, 0.1) is 18.8 Å². The van der Waals surface area contributed by atoms with Gasteiger partial charge in [-0.1, -0.05) is 18.1 Å². The van der Waals surface area contributed by atoms with Crippen molar-refractivity contribution in [2.24, 2.45) is 0 Å². The largest absolute Gasteiger partial charge is 0.416 e. The number of nitrogens with zero attached hydrogens (tertiary/aromatic N) is 4. The Kier molecular flexibility index (Phi) is 5.78. The zero-order valence-corrected chi connectivity index (χ0v) is 18.9. The van der Waals surface area contributed by atoms with Crippen molar-refractivity contribution < 1.29 is 18.0 Å². The van der Waals surface area contributed by atoms with Crippen LogP contribution in [0.3, 0.4) is 0 Å². The molecule has 0 atom stereocenters. The van der Waals surface area contributed by atoms with Crippen LogP contribution in [0.1, 0.15) is 32.7 Å². The molecule has 36 heavy (non-hydrogen) atoms. The first kappa shape index (κ1) is 22.9. The predicted octanol–water partition coefficient (Wildman–Crippen LogP) is 5.50. The van der Waals surface area contributed by atoms with Crippen LogP contribution in [0.15, 0.2) is 85.7 Å². The van der Waals surface area contributed by atoms with E-state index in [9.17, 15) is 18.0 Å². The van der Waals surface area contributed by atoms with Gasteiger partial charge in [-0.05, 0) is 60.9 Å². The van der Waals surface area contributed by atoms with Gasteiger partial charge in [-0.15, -0.1) is 0 Å². The van der Waals surface area contributed by atoms with Gasteiger partial charge in [-0.3, -0.25) is 9.20 Å². The molecule has 0 bridgehead atoms. The molecular weight excluding hydrogens is 467 g/mol. The summed E-state index contributed by atoms with van der Waals surface area (Å²) in [6.07, 6.45) is 3.31. The van der Waals surface area contributed by atoms with Gasteiger partial charge < -0.3 is 9.88 Å². The van der Waals surface area contributed by atoms with E-state index in [1.165, 1.54) is 29.4 Å². The minimum absolute atomic E-state index is 0.0115. The van der Waals surface area contributed by atoms with Gasteiger partial charge in [0.05, 0.1) is 18.1 Å². The molecule has 0 saturated carbocycles. The molecular formula is C27H18F3N5O. The number of benzene rings is 2. The average molecular weight is 485 g/mol. The third-order valence-electron chi connectivity index (χ3n) is 5.55. The summed E-state index contributed by atoms with van der Waals surface area (Å²) >= 11 is 0. The molecule has 1 N–H and O–H groups in total. The molecule has 1 amide bonds. The smallest absolute Gasteiger partial charge is 0.322 e. The lowest BCUT2D eigenvalue weighted by molar-refractivity contribution is -0.137. The van der Waals surface area contributed by atoms with E-state index >= 15 is 0 Å². The molecule has 6 nitrogen and oxygen atoms in total. The van der Waals surface area contributed by atoms with E-state index in [1.807, 2.05) is 35.7 Å². The highest BCUT2D eigenvalue weighted by Crippen LogP contribution is 2.33. The molecule has 9 heteroatoms. The van der Waals surface area contributed by atoms with Crippen LogP contribution in [-0.4, -0.2) is 24.8 Å². The second-order valence-corrected chi connectivity index (χ2v) is 8.04. The third kappa shape index (κ3) is 4.70. The first-order valence-corrected chi connectivity index (χ1v) is 10.8. The van der Waals surface area contributed by atoms with Gasteiger partial charge in [0.1, 0.15) is 11.3 Å². The molecule has 0 saturated heterocycles. The summed E-state index contributed by atoms with van der Waals surface area (Å²) in [7, 11) is 0. The number of nitrogens with one attached hydrogen (secondary N) is 1. The van der Waals surface area contributed by atoms with E-state index in [0.29, 0.717) is 11.3 Å². The lowest BCUT2D eigenvalue weighted by Crippen LogP contribution is -2.14. The molecule has 178 valence electrons. The Morgan fingerprint density at radius 1 is 1.03 bits per heavy atom. The number of amides is 1. The molecule has 0 spiro atoms. The normalized spacial score (nSPS) is 11.2. The number of pyridine rings is 1. The maximum absolute atomic E-state index is 13.5. The summed E-state index contributed by atoms with van der Waals surface area (Å²) in [4.78, 5) is 21.2. The highest BCUT2D eigenvalue weighted by atomic mass is 19.4. The zero-order valence-electron chi connectivity index (χ0n) is 18.9. The second-order valence-electron chi connectivity index (χ2n) is 8.04. The second kappa shape index (κ2) is 9.07. The maximum atomic E-state index is 13.5. The Morgan fingerprint density at radius 3 is 2.67 bits per heavy atom. The van der Waals surface area contributed by atoms with E-state index in [-0.39, 0.29) is 16.9 Å². The molecule has 3 heterocycles. The number of carbonyl (C=O) groups is 1. The molecule has 0 fully saturated rings. The number of hydrogen-bond donors (Lipinski definition) is 1. The number of hydrogen-bond acceptors (Lipinski definition) is 3. The average Bonchev–Trinajstić information content (AvgIpc) is 3.53. The summed E-state index contributed by atoms with van der Waals surface area (Å²) < 4.78 is 43.7. The Hall–Kier alpha value is -4.84. The fourth-order valence-corrected chi connectivity index (χ4v) is 3.67. The van der Waals surface area contributed by atoms with E-state index in [0.717, 1.165) is 23.3 Å². The number of rotatable bonds is 3. The van der Waals surface area contributed by atoms with Gasteiger partial charge in [0.15, 0.2) is 0 Å². The highest BCUT2D eigenvalue weighted by Gasteiger charge is 2.31. The van der Waals surface area contributed by atoms with Gasteiger partial charge in [0.25, 0.3) is 5.91 Å². The number of halogens is 3. The lowest BCUT2D eigenvalue weighted by Gasteiger charge is -2.14. The van der Waals surface area contributed by atoms with Crippen molar-refractivity contribution in [1.82, 2.24) is 18.9 Å². The van der Waals surface area contributed by atoms with Crippen molar-refractivity contribution in [2.45, 2.75) is 13.1 Å². The van der Waals surface area contributed by atoms with E-state index in [2.05, 4.69) is 27.1 Å². The molecule has 3 aromatic heterocycles. The Morgan fingerprint density at radius 2 is 1.89 bits per heavy atom. The molecule has 2 aromatic carbocycles. The molecule has 5 rings (SSSR count). The Balaban J connectivity index is 1.44. The molecule has 0 unspecified atom stereocenters. The zero-order chi connectivity index (χ0) is 25.3. The summed E-state index contributed by atoms with van der Waals surface area (Å²) in [6.45, 7) is 1.87. The number of anilines is 1. The number of alkyl halides is 3. The van der Waals surface area contributed by atoms with Gasteiger partial charge >= 0.3 is 6.18 Å². The van der Waals surface area contributed by atoms with Crippen molar-refractivity contribution in [2.75, 3.05) is 5.32 Å². The minimum Gasteiger partial charge on any atom is -0.322 e. The maximum Gasteiger partial charge on any atom is 0.416 e. The van der Waals surface area contributed by atoms with E-state index in [1.54, 1.807) is 24.4 Å². The van der Waals surface area contributed by atoms with Crippen molar-refractivity contribution in [3.05, 3.63) is 114 Å². The van der Waals surface area contributed by atoms with Crippen LogP contribution in [0.2, 0.25) is 0 Å². The number of carbonyl (C=O) groups excluding carboxylic acids is 1. The summed E-state index contributed by atoms with van der Waals surface area (Å²) in [6, 6.07) is 13.9. The fourth-order valence-electron chi connectivity index (χ4n) is 3.67. The van der Waals surface area contributed by atoms with Crippen LogP contribution in [0.25, 0.3) is 11.3 Å². The number of aryl methyl sites for hydroxylation is 1. The number of fused-ring (bicyclic) bond motifs is 1. The third-order valence-corrected chi connectivity index (χ3v) is 5.55. The van der Waals surface area contributed by atoms with Gasteiger partial charge in [0.2, 0.25) is 0 Å². The lowest BCUT2D eigenvalue weighted by atomic mass is 10.0. The van der Waals surface area contributed by atoms with Crippen LogP contribution in [0.5, 0.6) is 0 Å². The molecule has 0 aliphatic heterocycles. The van der Waals surface area contributed by atoms with Gasteiger partial charge in [0, 0.05) is 41.1 Å². The van der Waals surface area contributed by atoms with Crippen molar-refractivity contribution >= 4 is 17.2 Å². The molecule has 5 aromatic rings. The quantitative estimate of drug-likeness (QED) is 0.343. The van der Waals surface area contributed by atoms with E-state index < -0.39 is 17.6 Å². The van der Waals surface area contributed by atoms with Crippen LogP contribution >= 0.6 is 0 Å². The van der Waals surface area contributed by atoms with Crippen LogP contribution < -0.4 is 5.32 Å². The molecule has 0 aliphatic carbocycles. The van der Waals surface area contributed by atoms with E-state index in [4.69, 9.17) is 0 Å². The Labute approximate surface area is 204 Å². The Bertz CT molecular complexity index is 1640. The summed E-state index contributed by atoms with van der Waals surface area (Å²) in [5.74, 6) is 5.59. The van der Waals surface area contributed by atoms with Gasteiger partial charge in [-0.2, -0.15) is 13.2 Å². The topological polar surface area (TPSA) is 64.2 Å². The SMILES string of the molecule is Cc1ccc(C(=O)Nc2cc(-n3ccnc3)cc(C(F)(F)F)c2)cc1C#Cc1cnc2ccccn12. The van der Waals surface area contributed by atoms with Crippen molar-refractivity contribution in [1.29, 1.82) is 0 Å². The number of aromatic nitrogens is 4. The van der Waals surface area contributed by atoms with Crippen LogP contribution in [-0.2, 0) is 6.18 Å². The highest BCUT2D eigenvalue weighted by molar-refractivity contribution is 6.04. The molecule has 0 aliphatic rings. The standard InChI is InChI=1S/C27H18F3N5O/c1-18-5-6-20(12-19(18)7-8-23-16-32-25-4-2-3-10-35(23)25)26(36)33-22-13-21(27(28,29)30)14-24(15-22)34-11-9-31-17-34/h2-6,9-17H,1H3,(H,33,36). The predicted molar refractivity (Wildman–Crippen MR) is 129 cm³/mol. The summed E-state index contributed by atoms with van der Waals surface area (Å²) in [5, 5.41) is 2.58. The van der Waals surface area contributed by atoms with Crippen molar-refractivity contribution in [3.8, 4) is 17.5 Å². The van der Waals surface area contributed by atoms with Crippen molar-refractivity contribution in [3.63, 3.8) is 0 Å². The summed E-state index contributed by atoms with van der Waals surface area (Å²) in [5.41, 5.74) is 2.56. The van der Waals surface area contributed by atoms with Crippen LogP contribution in [0.4, 0.5) is 18.9 Å². The minimum atomic E-state index is -4.58.